The molecular weight excluding hydrogens is 416 g/mol. The summed E-state index contributed by atoms with van der Waals surface area (Å²) < 4.78 is 23.4. The highest BCUT2D eigenvalue weighted by molar-refractivity contribution is 6.74. The molecule has 4 atom stereocenters. The fourth-order valence-electron chi connectivity index (χ4n) is 3.01. The minimum Gasteiger partial charge on any atom is -0.462 e. The number of ether oxygens (including phenoxy) is 3. The zero-order chi connectivity index (χ0) is 24.0. The third-order valence-electron chi connectivity index (χ3n) is 5.90. The highest BCUT2D eigenvalue weighted by atomic mass is 28.4. The molecule has 0 aromatic heterocycles. The smallest absolute Gasteiger partial charge is 0.305 e. The lowest BCUT2D eigenvalue weighted by molar-refractivity contribution is -0.246. The van der Waals surface area contributed by atoms with Gasteiger partial charge >= 0.3 is 11.9 Å². The molecule has 1 aliphatic rings. The lowest BCUT2D eigenvalue weighted by atomic mass is 9.90. The minimum atomic E-state index is -2.18. The molecule has 0 unspecified atom stereocenters. The maximum atomic E-state index is 12.7. The first-order valence-electron chi connectivity index (χ1n) is 10.7. The number of rotatable bonds is 10. The summed E-state index contributed by atoms with van der Waals surface area (Å²) in [7, 11) is -2.18. The first-order chi connectivity index (χ1) is 14.1. The van der Waals surface area contributed by atoms with E-state index >= 15 is 0 Å². The number of hydrogen-bond donors (Lipinski definition) is 0. The average molecular weight is 455 g/mol. The average Bonchev–Trinajstić information content (AvgIpc) is 2.63. The second kappa shape index (κ2) is 10.7. The third-order valence-corrected chi connectivity index (χ3v) is 10.4. The Hall–Kier alpha value is -1.77. The van der Waals surface area contributed by atoms with Crippen molar-refractivity contribution in [2.24, 2.45) is 5.92 Å². The molecule has 0 N–H and O–H groups in total. The summed E-state index contributed by atoms with van der Waals surface area (Å²) in [4.78, 5) is 36.2. The fraction of sp³-hybridized carbons (Fsp3) is 0.696. The first kappa shape index (κ1) is 27.3. The van der Waals surface area contributed by atoms with E-state index in [1.54, 1.807) is 13.0 Å². The second-order valence-corrected chi connectivity index (χ2v) is 14.4. The molecule has 0 aromatic rings. The van der Waals surface area contributed by atoms with Gasteiger partial charge in [0.05, 0.1) is 0 Å². The van der Waals surface area contributed by atoms with Gasteiger partial charge in [-0.05, 0) is 43.1 Å². The van der Waals surface area contributed by atoms with Gasteiger partial charge in [0.2, 0.25) is 0 Å². The highest BCUT2D eigenvalue weighted by Gasteiger charge is 2.47. The van der Waals surface area contributed by atoms with Crippen LogP contribution in [0, 0.1) is 5.92 Å². The Morgan fingerprint density at radius 2 is 1.90 bits per heavy atom. The second-order valence-electron chi connectivity index (χ2n) is 9.60. The molecule has 0 bridgehead atoms. The van der Waals surface area contributed by atoms with Crippen LogP contribution in [0.2, 0.25) is 18.1 Å². The van der Waals surface area contributed by atoms with Gasteiger partial charge in [-0.15, -0.1) is 6.58 Å². The maximum Gasteiger partial charge on any atom is 0.305 e. The van der Waals surface area contributed by atoms with Crippen LogP contribution in [0.25, 0.3) is 0 Å². The van der Waals surface area contributed by atoms with E-state index in [4.69, 9.17) is 18.6 Å². The summed E-state index contributed by atoms with van der Waals surface area (Å²) in [6.07, 6.45) is 4.14. The quantitative estimate of drug-likeness (QED) is 0.276. The maximum absolute atomic E-state index is 12.7. The SMILES string of the molecule is C=CCC[C@H](OC(C)=O)[C@@H](C)[C@@H]1O[C@@](CO[Si](C)(C)C(C)(C)C)(OC(C)=O)C=CC1=O. The molecule has 1 heterocycles. The van der Waals surface area contributed by atoms with E-state index in [0.717, 1.165) is 0 Å². The number of ketones is 1. The van der Waals surface area contributed by atoms with Crippen molar-refractivity contribution in [2.75, 3.05) is 6.61 Å². The third kappa shape index (κ3) is 7.70. The molecule has 1 rings (SSSR count). The number of allylic oxidation sites excluding steroid dienone is 1. The molecule has 1 aliphatic heterocycles. The molecule has 7 nitrogen and oxygen atoms in total. The predicted molar refractivity (Wildman–Crippen MR) is 121 cm³/mol. The fourth-order valence-corrected chi connectivity index (χ4v) is 4.01. The molecule has 0 radical (unpaired) electrons. The van der Waals surface area contributed by atoms with E-state index in [1.807, 2.05) is 0 Å². The summed E-state index contributed by atoms with van der Waals surface area (Å²) in [5, 5.41) is -0.0591. The van der Waals surface area contributed by atoms with Crippen molar-refractivity contribution in [2.45, 2.75) is 90.5 Å². The first-order valence-corrected chi connectivity index (χ1v) is 13.6. The molecule has 176 valence electrons. The van der Waals surface area contributed by atoms with Crippen molar-refractivity contribution in [3.8, 4) is 0 Å². The monoisotopic (exact) mass is 454 g/mol. The molecule has 0 saturated heterocycles. The van der Waals surface area contributed by atoms with Crippen molar-refractivity contribution in [3.05, 3.63) is 24.8 Å². The van der Waals surface area contributed by atoms with Crippen molar-refractivity contribution < 1.29 is 33.0 Å². The molecule has 31 heavy (non-hydrogen) atoms. The number of hydrogen-bond acceptors (Lipinski definition) is 7. The minimum absolute atomic E-state index is 0.0268. The normalized spacial score (nSPS) is 23.7. The Labute approximate surface area is 187 Å². The van der Waals surface area contributed by atoms with Crippen LogP contribution in [0.1, 0.15) is 54.4 Å². The Kier molecular flexibility index (Phi) is 9.41. The van der Waals surface area contributed by atoms with Crippen molar-refractivity contribution in [3.63, 3.8) is 0 Å². The Morgan fingerprint density at radius 1 is 1.29 bits per heavy atom. The number of carbonyl (C=O) groups excluding carboxylic acids is 3. The van der Waals surface area contributed by atoms with Crippen LogP contribution in [-0.4, -0.2) is 50.6 Å². The van der Waals surface area contributed by atoms with Crippen LogP contribution >= 0.6 is 0 Å². The largest absolute Gasteiger partial charge is 0.462 e. The zero-order valence-electron chi connectivity index (χ0n) is 20.2. The van der Waals surface area contributed by atoms with Gasteiger partial charge in [-0.2, -0.15) is 0 Å². The van der Waals surface area contributed by atoms with Crippen molar-refractivity contribution in [1.29, 1.82) is 0 Å². The van der Waals surface area contributed by atoms with E-state index in [1.165, 1.54) is 26.0 Å². The van der Waals surface area contributed by atoms with Crippen molar-refractivity contribution in [1.82, 2.24) is 0 Å². The molecule has 0 spiro atoms. The van der Waals surface area contributed by atoms with Gasteiger partial charge in [-0.25, -0.2) is 0 Å². The van der Waals surface area contributed by atoms with Crippen LogP contribution in [0.5, 0.6) is 0 Å². The molecule has 0 aromatic carbocycles. The summed E-state index contributed by atoms with van der Waals surface area (Å²) in [6.45, 7) is 18.5. The Morgan fingerprint density at radius 3 is 2.39 bits per heavy atom. The zero-order valence-corrected chi connectivity index (χ0v) is 21.2. The molecule has 0 aliphatic carbocycles. The summed E-state index contributed by atoms with van der Waals surface area (Å²) >= 11 is 0. The Balaban J connectivity index is 3.18. The number of esters is 2. The molecule has 8 heteroatoms. The van der Waals surface area contributed by atoms with E-state index < -0.39 is 44.2 Å². The van der Waals surface area contributed by atoms with Crippen LogP contribution in [0.15, 0.2) is 24.8 Å². The topological polar surface area (TPSA) is 88.1 Å². The summed E-state index contributed by atoms with van der Waals surface area (Å²) in [5.74, 6) is -3.25. The standard InChI is InChI=1S/C23H38O7Si/c1-10-11-12-20(28-17(3)24)16(2)21-19(26)13-14-23(30-21,29-18(4)25)15-27-31(8,9)22(5,6)7/h10,13-14,16,20-21H,1,11-12,15H2,2-9H3/t16-,20+,21+,23+/m1/s1. The molecule has 0 amide bonds. The van der Waals surface area contributed by atoms with Crippen LogP contribution in [0.3, 0.4) is 0 Å². The van der Waals surface area contributed by atoms with E-state index in [0.29, 0.717) is 12.8 Å². The van der Waals surface area contributed by atoms with Crippen LogP contribution in [-0.2, 0) is 33.0 Å². The molecular formula is C23H38O7Si. The lowest BCUT2D eigenvalue weighted by Crippen LogP contribution is -2.54. The van der Waals surface area contributed by atoms with Crippen molar-refractivity contribution >= 4 is 26.0 Å². The summed E-state index contributed by atoms with van der Waals surface area (Å²) in [5.41, 5.74) is 0. The molecule has 0 fully saturated rings. The van der Waals surface area contributed by atoms with Crippen LogP contribution in [0.4, 0.5) is 0 Å². The van der Waals surface area contributed by atoms with Gasteiger partial charge in [0.1, 0.15) is 18.8 Å². The predicted octanol–water partition coefficient (Wildman–Crippen LogP) is 4.33. The van der Waals surface area contributed by atoms with Gasteiger partial charge in [-0.1, -0.05) is 33.8 Å². The van der Waals surface area contributed by atoms with E-state index in [9.17, 15) is 14.4 Å². The number of carbonyl (C=O) groups is 3. The van der Waals surface area contributed by atoms with Gasteiger partial charge in [0, 0.05) is 19.8 Å². The molecule has 0 saturated carbocycles. The Bertz CT molecular complexity index is 707. The van der Waals surface area contributed by atoms with Gasteiger partial charge in [0.15, 0.2) is 14.1 Å². The van der Waals surface area contributed by atoms with E-state index in [2.05, 4.69) is 40.4 Å². The van der Waals surface area contributed by atoms with E-state index in [-0.39, 0.29) is 17.4 Å². The van der Waals surface area contributed by atoms with Gasteiger partial charge in [-0.3, -0.25) is 14.4 Å². The van der Waals surface area contributed by atoms with Gasteiger partial charge in [0.25, 0.3) is 5.79 Å². The highest BCUT2D eigenvalue weighted by Crippen LogP contribution is 2.38. The van der Waals surface area contributed by atoms with Gasteiger partial charge < -0.3 is 18.6 Å². The lowest BCUT2D eigenvalue weighted by Gasteiger charge is -2.42. The summed E-state index contributed by atoms with van der Waals surface area (Å²) in [6, 6.07) is 0. The van der Waals surface area contributed by atoms with Crippen LogP contribution < -0.4 is 0 Å².